The van der Waals surface area contributed by atoms with Gasteiger partial charge in [0.1, 0.15) is 17.1 Å². The highest BCUT2D eigenvalue weighted by atomic mass is 19.1. The molecule has 4 amide bonds. The fourth-order valence-corrected chi connectivity index (χ4v) is 3.43. The molecule has 8 heteroatoms. The van der Waals surface area contributed by atoms with Crippen molar-refractivity contribution in [1.29, 1.82) is 0 Å². The van der Waals surface area contributed by atoms with Gasteiger partial charge < -0.3 is 15.4 Å². The Balaban J connectivity index is 1.54. The zero-order valence-corrected chi connectivity index (χ0v) is 13.9. The predicted octanol–water partition coefficient (Wildman–Crippen LogP) is 1.22. The lowest BCUT2D eigenvalue weighted by Crippen LogP contribution is -2.50. The molecule has 25 heavy (non-hydrogen) atoms. The molecular formula is C17H20FN3O4. The smallest absolute Gasteiger partial charge is 0.322 e. The normalized spacial score (nSPS) is 25.4. The van der Waals surface area contributed by atoms with Gasteiger partial charge in [-0.3, -0.25) is 14.9 Å². The number of amides is 4. The zero-order valence-electron chi connectivity index (χ0n) is 13.9. The standard InChI is InChI=1S/C17H20FN3O4/c1-25-13-7-10(6-12(18)8-13)9-19-14(22)11-2-4-17(5-3-11)15(23)20-16(24)21-17/h6-8,11H,2-5,9H2,1H3,(H,19,22)(H2,20,21,23,24). The molecule has 1 aliphatic heterocycles. The number of urea groups is 1. The molecule has 0 atom stereocenters. The summed E-state index contributed by atoms with van der Waals surface area (Å²) in [7, 11) is 1.45. The van der Waals surface area contributed by atoms with Crippen molar-refractivity contribution in [2.45, 2.75) is 37.8 Å². The third-order valence-electron chi connectivity index (χ3n) is 4.86. The van der Waals surface area contributed by atoms with Crippen LogP contribution in [0.15, 0.2) is 18.2 Å². The first-order valence-corrected chi connectivity index (χ1v) is 8.17. The van der Waals surface area contributed by atoms with Gasteiger partial charge in [0.15, 0.2) is 0 Å². The second kappa shape index (κ2) is 6.70. The van der Waals surface area contributed by atoms with Crippen LogP contribution in [0.2, 0.25) is 0 Å². The van der Waals surface area contributed by atoms with Gasteiger partial charge in [0.05, 0.1) is 7.11 Å². The number of nitrogens with one attached hydrogen (secondary N) is 3. The van der Waals surface area contributed by atoms with E-state index in [1.165, 1.54) is 19.2 Å². The van der Waals surface area contributed by atoms with Crippen molar-refractivity contribution in [2.24, 2.45) is 5.92 Å². The van der Waals surface area contributed by atoms with Crippen LogP contribution in [0, 0.1) is 11.7 Å². The Morgan fingerprint density at radius 2 is 2.04 bits per heavy atom. The van der Waals surface area contributed by atoms with Crippen molar-refractivity contribution in [3.8, 4) is 5.75 Å². The fraction of sp³-hybridized carbons (Fsp3) is 0.471. The highest BCUT2D eigenvalue weighted by Gasteiger charge is 2.48. The minimum Gasteiger partial charge on any atom is -0.497 e. The first kappa shape index (κ1) is 17.2. The van der Waals surface area contributed by atoms with Gasteiger partial charge in [-0.2, -0.15) is 0 Å². The van der Waals surface area contributed by atoms with Crippen molar-refractivity contribution in [1.82, 2.24) is 16.0 Å². The number of hydrogen-bond donors (Lipinski definition) is 3. The van der Waals surface area contributed by atoms with E-state index in [1.54, 1.807) is 6.07 Å². The lowest BCUT2D eigenvalue weighted by atomic mass is 9.76. The van der Waals surface area contributed by atoms with Crippen LogP contribution in [-0.4, -0.2) is 30.5 Å². The maximum absolute atomic E-state index is 13.5. The molecule has 3 rings (SSSR count). The molecule has 1 spiro atoms. The van der Waals surface area contributed by atoms with Crippen LogP contribution in [0.5, 0.6) is 5.75 Å². The summed E-state index contributed by atoms with van der Waals surface area (Å²) >= 11 is 0. The number of hydrogen-bond acceptors (Lipinski definition) is 4. The second-order valence-corrected chi connectivity index (χ2v) is 6.48. The van der Waals surface area contributed by atoms with Gasteiger partial charge in [-0.15, -0.1) is 0 Å². The molecule has 1 aliphatic carbocycles. The van der Waals surface area contributed by atoms with Crippen LogP contribution in [0.1, 0.15) is 31.2 Å². The third-order valence-corrected chi connectivity index (χ3v) is 4.86. The summed E-state index contributed by atoms with van der Waals surface area (Å²) in [6.07, 6.45) is 1.87. The van der Waals surface area contributed by atoms with E-state index < -0.39 is 17.4 Å². The number of rotatable bonds is 4. The van der Waals surface area contributed by atoms with Gasteiger partial charge in [-0.25, -0.2) is 9.18 Å². The Bertz CT molecular complexity index is 714. The zero-order chi connectivity index (χ0) is 18.0. The molecule has 0 bridgehead atoms. The summed E-state index contributed by atoms with van der Waals surface area (Å²) in [5.41, 5.74) is -0.260. The Hall–Kier alpha value is -2.64. The Morgan fingerprint density at radius 3 is 2.64 bits per heavy atom. The van der Waals surface area contributed by atoms with E-state index in [0.717, 1.165) is 0 Å². The Labute approximate surface area is 144 Å². The molecule has 134 valence electrons. The first-order chi connectivity index (χ1) is 11.9. The van der Waals surface area contributed by atoms with Crippen LogP contribution >= 0.6 is 0 Å². The monoisotopic (exact) mass is 349 g/mol. The molecule has 7 nitrogen and oxygen atoms in total. The molecule has 1 aromatic carbocycles. The van der Waals surface area contributed by atoms with Crippen molar-refractivity contribution < 1.29 is 23.5 Å². The summed E-state index contributed by atoms with van der Waals surface area (Å²) in [6.45, 7) is 0.200. The fourth-order valence-electron chi connectivity index (χ4n) is 3.43. The molecule has 0 radical (unpaired) electrons. The summed E-state index contributed by atoms with van der Waals surface area (Å²) in [4.78, 5) is 35.6. The van der Waals surface area contributed by atoms with Gasteiger partial charge in [0.25, 0.3) is 5.91 Å². The lowest BCUT2D eigenvalue weighted by molar-refractivity contribution is -0.130. The number of halogens is 1. The molecule has 1 saturated carbocycles. The lowest BCUT2D eigenvalue weighted by Gasteiger charge is -2.33. The van der Waals surface area contributed by atoms with Gasteiger partial charge in [0, 0.05) is 18.5 Å². The van der Waals surface area contributed by atoms with E-state index >= 15 is 0 Å². The summed E-state index contributed by atoms with van der Waals surface area (Å²) in [6, 6.07) is 3.80. The van der Waals surface area contributed by atoms with Crippen LogP contribution < -0.4 is 20.7 Å². The number of ether oxygens (including phenoxy) is 1. The van der Waals surface area contributed by atoms with Gasteiger partial charge in [0.2, 0.25) is 5.91 Å². The summed E-state index contributed by atoms with van der Waals surface area (Å²) in [5.74, 6) is -0.713. The van der Waals surface area contributed by atoms with E-state index in [4.69, 9.17) is 4.74 Å². The quantitative estimate of drug-likeness (QED) is 0.712. The number of carbonyl (C=O) groups is 3. The van der Waals surface area contributed by atoms with E-state index in [1.807, 2.05) is 0 Å². The van der Waals surface area contributed by atoms with E-state index in [2.05, 4.69) is 16.0 Å². The average Bonchev–Trinajstić information content (AvgIpc) is 2.86. The minimum atomic E-state index is -0.871. The highest BCUT2D eigenvalue weighted by Crippen LogP contribution is 2.34. The maximum atomic E-state index is 13.5. The third kappa shape index (κ3) is 3.57. The van der Waals surface area contributed by atoms with Crippen molar-refractivity contribution in [3.63, 3.8) is 0 Å². The Morgan fingerprint density at radius 1 is 1.32 bits per heavy atom. The molecule has 1 aromatic rings. The average molecular weight is 349 g/mol. The van der Waals surface area contributed by atoms with E-state index in [9.17, 15) is 18.8 Å². The highest BCUT2D eigenvalue weighted by molar-refractivity contribution is 6.07. The molecular weight excluding hydrogens is 329 g/mol. The van der Waals surface area contributed by atoms with Crippen molar-refractivity contribution in [3.05, 3.63) is 29.6 Å². The molecule has 3 N–H and O–H groups in total. The van der Waals surface area contributed by atoms with Crippen LogP contribution in [-0.2, 0) is 16.1 Å². The van der Waals surface area contributed by atoms with E-state index in [-0.39, 0.29) is 24.3 Å². The van der Waals surface area contributed by atoms with Crippen LogP contribution in [0.3, 0.4) is 0 Å². The first-order valence-electron chi connectivity index (χ1n) is 8.17. The molecule has 2 fully saturated rings. The van der Waals surface area contributed by atoms with Gasteiger partial charge in [-0.1, -0.05) is 0 Å². The number of imide groups is 1. The summed E-state index contributed by atoms with van der Waals surface area (Å²) < 4.78 is 18.5. The van der Waals surface area contributed by atoms with Crippen LogP contribution in [0.25, 0.3) is 0 Å². The molecule has 0 unspecified atom stereocenters. The van der Waals surface area contributed by atoms with Crippen LogP contribution in [0.4, 0.5) is 9.18 Å². The second-order valence-electron chi connectivity index (χ2n) is 6.48. The SMILES string of the molecule is COc1cc(F)cc(CNC(=O)C2CCC3(CC2)NC(=O)NC3=O)c1. The molecule has 1 heterocycles. The number of carbonyl (C=O) groups excluding carboxylic acids is 3. The molecule has 1 saturated heterocycles. The molecule has 2 aliphatic rings. The topological polar surface area (TPSA) is 96.5 Å². The molecule has 0 aromatic heterocycles. The predicted molar refractivity (Wildman–Crippen MR) is 86.2 cm³/mol. The van der Waals surface area contributed by atoms with Crippen molar-refractivity contribution >= 4 is 17.8 Å². The minimum absolute atomic E-state index is 0.136. The van der Waals surface area contributed by atoms with Gasteiger partial charge >= 0.3 is 6.03 Å². The number of methoxy groups -OCH3 is 1. The maximum Gasteiger partial charge on any atom is 0.322 e. The van der Waals surface area contributed by atoms with Gasteiger partial charge in [-0.05, 0) is 43.4 Å². The largest absolute Gasteiger partial charge is 0.497 e. The van der Waals surface area contributed by atoms with E-state index in [0.29, 0.717) is 37.0 Å². The Kier molecular flexibility index (Phi) is 4.61. The van der Waals surface area contributed by atoms with Crippen molar-refractivity contribution in [2.75, 3.05) is 7.11 Å². The summed E-state index contributed by atoms with van der Waals surface area (Å²) in [5, 5.41) is 7.71. The number of benzene rings is 1.